The Labute approximate surface area is 269 Å². The number of para-hydroxylation sites is 1. The number of halogens is 2. The first-order valence-electron chi connectivity index (χ1n) is 13.3. The predicted molar refractivity (Wildman–Crippen MR) is 177 cm³/mol. The molecule has 44 heavy (non-hydrogen) atoms. The summed E-state index contributed by atoms with van der Waals surface area (Å²) in [6.45, 7) is 1.78. The largest absolute Gasteiger partial charge is 0.493 e. The minimum absolute atomic E-state index is 0.00462. The molecule has 11 heteroatoms. The Hall–Kier alpha value is -4.44. The highest BCUT2D eigenvalue weighted by Crippen LogP contribution is 2.32. The molecular formula is C33H29Cl2N3O5S. The van der Waals surface area contributed by atoms with E-state index in [1.807, 2.05) is 0 Å². The van der Waals surface area contributed by atoms with Gasteiger partial charge in [0.25, 0.3) is 11.8 Å². The van der Waals surface area contributed by atoms with Gasteiger partial charge in [-0.05, 0) is 73.7 Å². The monoisotopic (exact) mass is 649 g/mol. The summed E-state index contributed by atoms with van der Waals surface area (Å²) in [5, 5.41) is 8.73. The summed E-state index contributed by atoms with van der Waals surface area (Å²) in [7, 11) is 3.01. The van der Waals surface area contributed by atoms with Crippen molar-refractivity contribution in [1.82, 2.24) is 5.32 Å². The normalized spacial score (nSPS) is 11.7. The Kier molecular flexibility index (Phi) is 11.3. The Morgan fingerprint density at radius 3 is 2.23 bits per heavy atom. The number of anilines is 2. The molecule has 0 spiro atoms. The topological polar surface area (TPSA) is 106 Å². The van der Waals surface area contributed by atoms with E-state index in [1.54, 1.807) is 97.9 Å². The van der Waals surface area contributed by atoms with Gasteiger partial charge in [0, 0.05) is 26.7 Å². The average molecular weight is 651 g/mol. The summed E-state index contributed by atoms with van der Waals surface area (Å²) in [6, 6.07) is 25.7. The van der Waals surface area contributed by atoms with Crippen molar-refractivity contribution in [3.63, 3.8) is 0 Å². The molecule has 4 aromatic rings. The van der Waals surface area contributed by atoms with Crippen molar-refractivity contribution >= 4 is 70.1 Å². The highest BCUT2D eigenvalue weighted by Gasteiger charge is 2.19. The minimum Gasteiger partial charge on any atom is -0.493 e. The summed E-state index contributed by atoms with van der Waals surface area (Å²) in [5.41, 5.74) is 1.88. The van der Waals surface area contributed by atoms with Gasteiger partial charge in [-0.15, -0.1) is 11.8 Å². The van der Waals surface area contributed by atoms with Crippen molar-refractivity contribution in [3.8, 4) is 11.5 Å². The predicted octanol–water partition coefficient (Wildman–Crippen LogP) is 7.54. The third kappa shape index (κ3) is 8.57. The van der Waals surface area contributed by atoms with Gasteiger partial charge in [-0.2, -0.15) is 0 Å². The van der Waals surface area contributed by atoms with Crippen molar-refractivity contribution in [3.05, 3.63) is 118 Å². The number of rotatable bonds is 11. The van der Waals surface area contributed by atoms with E-state index in [-0.39, 0.29) is 11.6 Å². The van der Waals surface area contributed by atoms with Crippen molar-refractivity contribution < 1.29 is 23.9 Å². The zero-order chi connectivity index (χ0) is 31.6. The molecule has 4 aromatic carbocycles. The third-order valence-corrected chi connectivity index (χ3v) is 7.91. The fourth-order valence-corrected chi connectivity index (χ4v) is 5.34. The van der Waals surface area contributed by atoms with Crippen LogP contribution in [0.25, 0.3) is 6.08 Å². The standard InChI is InChI=1S/C33H29Cl2N3O5S/c1-20(31(39)37-27-17-12-23(34)19-26(27)35)44-25-15-13-24(14-16-25)36-33(41)28(38-32(40)21-8-5-4-6-9-21)18-22-10-7-11-29(42-2)30(22)43-3/h4-20H,1-3H3,(H,36,41)(H,37,39)(H,38,40)/b28-18-. The van der Waals surface area contributed by atoms with Gasteiger partial charge >= 0.3 is 0 Å². The first-order chi connectivity index (χ1) is 21.2. The summed E-state index contributed by atoms with van der Waals surface area (Å²) in [5.74, 6) is -0.344. The fraction of sp³-hybridized carbons (Fsp3) is 0.121. The van der Waals surface area contributed by atoms with E-state index in [0.29, 0.717) is 44.0 Å². The SMILES string of the molecule is COc1cccc(/C=C(\NC(=O)c2ccccc2)C(=O)Nc2ccc(SC(C)C(=O)Nc3ccc(Cl)cc3Cl)cc2)c1OC. The molecule has 3 amide bonds. The van der Waals surface area contributed by atoms with Crippen LogP contribution in [0, 0.1) is 0 Å². The summed E-state index contributed by atoms with van der Waals surface area (Å²) < 4.78 is 10.9. The zero-order valence-electron chi connectivity index (χ0n) is 24.0. The molecule has 0 fully saturated rings. The van der Waals surface area contributed by atoms with Crippen LogP contribution in [-0.2, 0) is 9.59 Å². The maximum Gasteiger partial charge on any atom is 0.272 e. The molecule has 0 bridgehead atoms. The lowest BCUT2D eigenvalue weighted by Crippen LogP contribution is -2.30. The first-order valence-corrected chi connectivity index (χ1v) is 14.9. The Balaban J connectivity index is 1.49. The average Bonchev–Trinajstić information content (AvgIpc) is 3.03. The van der Waals surface area contributed by atoms with Gasteiger partial charge in [-0.1, -0.05) is 53.5 Å². The van der Waals surface area contributed by atoms with E-state index >= 15 is 0 Å². The number of methoxy groups -OCH3 is 2. The second-order valence-corrected chi connectivity index (χ2v) is 11.6. The molecule has 1 unspecified atom stereocenters. The van der Waals surface area contributed by atoms with Crippen LogP contribution in [-0.4, -0.2) is 37.2 Å². The summed E-state index contributed by atoms with van der Waals surface area (Å²) >= 11 is 13.4. The molecule has 3 N–H and O–H groups in total. The maximum absolute atomic E-state index is 13.5. The van der Waals surface area contributed by atoms with E-state index in [1.165, 1.54) is 32.1 Å². The molecule has 0 aliphatic carbocycles. The van der Waals surface area contributed by atoms with E-state index in [4.69, 9.17) is 32.7 Å². The van der Waals surface area contributed by atoms with Gasteiger partial charge in [0.1, 0.15) is 5.70 Å². The Morgan fingerprint density at radius 1 is 0.841 bits per heavy atom. The number of benzene rings is 4. The van der Waals surface area contributed by atoms with Gasteiger partial charge in [-0.3, -0.25) is 14.4 Å². The van der Waals surface area contributed by atoms with Crippen LogP contribution in [0.15, 0.2) is 102 Å². The third-order valence-electron chi connectivity index (χ3n) is 6.25. The number of ether oxygens (including phenoxy) is 2. The molecule has 0 aliphatic rings. The number of nitrogens with one attached hydrogen (secondary N) is 3. The van der Waals surface area contributed by atoms with Crippen LogP contribution in [0.4, 0.5) is 11.4 Å². The van der Waals surface area contributed by atoms with Gasteiger partial charge < -0.3 is 25.4 Å². The number of carbonyl (C=O) groups excluding carboxylic acids is 3. The Bertz CT molecular complexity index is 1680. The number of hydrogen-bond acceptors (Lipinski definition) is 6. The van der Waals surface area contributed by atoms with Gasteiger partial charge in [-0.25, -0.2) is 0 Å². The smallest absolute Gasteiger partial charge is 0.272 e. The number of carbonyl (C=O) groups is 3. The van der Waals surface area contributed by atoms with Gasteiger partial charge in [0.05, 0.1) is 30.2 Å². The van der Waals surface area contributed by atoms with Crippen LogP contribution in [0.5, 0.6) is 11.5 Å². The molecule has 0 saturated carbocycles. The summed E-state index contributed by atoms with van der Waals surface area (Å²) in [6.07, 6.45) is 1.52. The second kappa shape index (κ2) is 15.3. The molecule has 1 atom stereocenters. The number of amides is 3. The number of hydrogen-bond donors (Lipinski definition) is 3. The van der Waals surface area contributed by atoms with Gasteiger partial charge in [0.2, 0.25) is 5.91 Å². The van der Waals surface area contributed by atoms with Crippen LogP contribution >= 0.6 is 35.0 Å². The van der Waals surface area contributed by atoms with Crippen molar-refractivity contribution in [2.45, 2.75) is 17.1 Å². The lowest BCUT2D eigenvalue weighted by Gasteiger charge is -2.15. The minimum atomic E-state index is -0.549. The number of thioether (sulfide) groups is 1. The van der Waals surface area contributed by atoms with Crippen LogP contribution in [0.2, 0.25) is 10.0 Å². The van der Waals surface area contributed by atoms with Crippen molar-refractivity contribution in [1.29, 1.82) is 0 Å². The highest BCUT2D eigenvalue weighted by atomic mass is 35.5. The zero-order valence-corrected chi connectivity index (χ0v) is 26.3. The fourth-order valence-electron chi connectivity index (χ4n) is 4.02. The Morgan fingerprint density at radius 2 is 1.57 bits per heavy atom. The molecule has 0 aliphatic heterocycles. The first kappa shape index (κ1) is 32.5. The molecule has 0 heterocycles. The lowest BCUT2D eigenvalue weighted by molar-refractivity contribution is -0.115. The van der Waals surface area contributed by atoms with Crippen LogP contribution in [0.3, 0.4) is 0 Å². The molecule has 4 rings (SSSR count). The van der Waals surface area contributed by atoms with E-state index < -0.39 is 17.1 Å². The quantitative estimate of drug-likeness (QED) is 0.114. The van der Waals surface area contributed by atoms with Crippen molar-refractivity contribution in [2.24, 2.45) is 0 Å². The van der Waals surface area contributed by atoms with E-state index in [2.05, 4.69) is 16.0 Å². The molecule has 0 radical (unpaired) electrons. The molecule has 0 aromatic heterocycles. The van der Waals surface area contributed by atoms with Gasteiger partial charge in [0.15, 0.2) is 11.5 Å². The lowest BCUT2D eigenvalue weighted by atomic mass is 10.1. The molecule has 226 valence electrons. The second-order valence-electron chi connectivity index (χ2n) is 9.31. The van der Waals surface area contributed by atoms with Crippen molar-refractivity contribution in [2.75, 3.05) is 24.9 Å². The molecule has 8 nitrogen and oxygen atoms in total. The van der Waals surface area contributed by atoms with Crippen LogP contribution < -0.4 is 25.4 Å². The maximum atomic E-state index is 13.5. The summed E-state index contributed by atoms with van der Waals surface area (Å²) in [4.78, 5) is 40.0. The van der Waals surface area contributed by atoms with E-state index in [0.717, 1.165) is 4.90 Å². The van der Waals surface area contributed by atoms with Crippen LogP contribution in [0.1, 0.15) is 22.8 Å². The van der Waals surface area contributed by atoms with E-state index in [9.17, 15) is 14.4 Å². The highest BCUT2D eigenvalue weighted by molar-refractivity contribution is 8.00. The molecular weight excluding hydrogens is 621 g/mol. The molecule has 0 saturated heterocycles.